The van der Waals surface area contributed by atoms with Crippen molar-refractivity contribution in [3.63, 3.8) is 0 Å². The van der Waals surface area contributed by atoms with Crippen molar-refractivity contribution in [3.8, 4) is 17.2 Å². The normalized spacial score (nSPS) is 12.6. The second-order valence-corrected chi connectivity index (χ2v) is 6.48. The van der Waals surface area contributed by atoms with E-state index in [1.54, 1.807) is 17.4 Å². The Labute approximate surface area is 183 Å². The fourth-order valence-electron chi connectivity index (χ4n) is 2.56. The van der Waals surface area contributed by atoms with Gasteiger partial charge in [-0.25, -0.2) is 4.99 Å². The molecule has 2 N–H and O–H groups in total. The van der Waals surface area contributed by atoms with Crippen molar-refractivity contribution in [1.29, 1.82) is 0 Å². The number of nitrogens with zero attached hydrogens (tertiary/aromatic N) is 1. The van der Waals surface area contributed by atoms with Crippen molar-refractivity contribution >= 4 is 41.3 Å². The first-order chi connectivity index (χ1) is 13.2. The van der Waals surface area contributed by atoms with Crippen LogP contribution in [0.4, 0.5) is 8.78 Å². The molecule has 3 rings (SSSR count). The number of ether oxygens (including phenoxy) is 3. The minimum atomic E-state index is -2.93. The van der Waals surface area contributed by atoms with Gasteiger partial charge in [-0.1, -0.05) is 0 Å². The highest BCUT2D eigenvalue weighted by molar-refractivity contribution is 14.0. The summed E-state index contributed by atoms with van der Waals surface area (Å²) < 4.78 is 40.6. The smallest absolute Gasteiger partial charge is 0.387 e. The van der Waals surface area contributed by atoms with Gasteiger partial charge in [-0.3, -0.25) is 0 Å². The Bertz CT molecular complexity index is 776. The first-order valence-corrected chi connectivity index (χ1v) is 9.50. The summed E-state index contributed by atoms with van der Waals surface area (Å²) in [5, 5.41) is 10.5. The van der Waals surface area contributed by atoms with Crippen molar-refractivity contribution < 1.29 is 23.0 Å². The molecule has 1 aromatic carbocycles. The number of halogens is 3. The minimum Gasteiger partial charge on any atom is -0.454 e. The molecule has 154 valence electrons. The summed E-state index contributed by atoms with van der Waals surface area (Å²) in [4.78, 5) is 4.47. The number of nitrogens with one attached hydrogen (secondary N) is 2. The van der Waals surface area contributed by atoms with Crippen LogP contribution in [-0.2, 0) is 13.0 Å². The van der Waals surface area contributed by atoms with E-state index in [9.17, 15) is 8.78 Å². The van der Waals surface area contributed by atoms with Gasteiger partial charge in [0.1, 0.15) is 5.75 Å². The molecular weight excluding hydrogens is 503 g/mol. The predicted molar refractivity (Wildman–Crippen MR) is 115 cm³/mol. The van der Waals surface area contributed by atoms with Gasteiger partial charge in [-0.2, -0.15) is 20.1 Å². The molecule has 0 spiro atoms. The Kier molecular flexibility index (Phi) is 9.03. The van der Waals surface area contributed by atoms with Gasteiger partial charge in [0.25, 0.3) is 0 Å². The average molecular weight is 525 g/mol. The van der Waals surface area contributed by atoms with Gasteiger partial charge in [0.15, 0.2) is 17.5 Å². The van der Waals surface area contributed by atoms with E-state index in [1.165, 1.54) is 11.6 Å². The van der Waals surface area contributed by atoms with Crippen molar-refractivity contribution in [3.05, 3.63) is 40.1 Å². The summed E-state index contributed by atoms with van der Waals surface area (Å²) in [5.74, 6) is 1.52. The number of benzene rings is 1. The Morgan fingerprint density at radius 2 is 2.07 bits per heavy atom. The van der Waals surface area contributed by atoms with Crippen molar-refractivity contribution in [1.82, 2.24) is 10.6 Å². The highest BCUT2D eigenvalue weighted by atomic mass is 127. The molecule has 2 heterocycles. The minimum absolute atomic E-state index is 0. The maximum atomic E-state index is 12.7. The zero-order valence-corrected chi connectivity index (χ0v) is 18.4. The second kappa shape index (κ2) is 11.2. The summed E-state index contributed by atoms with van der Waals surface area (Å²) in [6.45, 7) is 0.651. The first-order valence-electron chi connectivity index (χ1n) is 8.56. The molecule has 0 amide bonds. The highest BCUT2D eigenvalue weighted by Gasteiger charge is 2.20. The number of fused-ring (bicyclic) bond motifs is 1. The molecule has 0 fully saturated rings. The molecule has 28 heavy (non-hydrogen) atoms. The zero-order chi connectivity index (χ0) is 19.1. The number of alkyl halides is 2. The van der Waals surface area contributed by atoms with Crippen LogP contribution in [0.2, 0.25) is 0 Å². The average Bonchev–Trinajstić information content (AvgIpc) is 3.30. The molecule has 0 saturated carbocycles. The summed E-state index contributed by atoms with van der Waals surface area (Å²) in [6, 6.07) is 5.12. The summed E-state index contributed by atoms with van der Waals surface area (Å²) in [6.07, 6.45) is 0.873. The van der Waals surface area contributed by atoms with E-state index in [-0.39, 0.29) is 43.1 Å². The van der Waals surface area contributed by atoms with Gasteiger partial charge in [-0.05, 0) is 41.8 Å². The summed E-state index contributed by atoms with van der Waals surface area (Å²) in [5.41, 5.74) is 1.75. The molecular formula is C18H22F2IN3O3S. The maximum Gasteiger partial charge on any atom is 0.387 e. The van der Waals surface area contributed by atoms with Crippen LogP contribution in [0.3, 0.4) is 0 Å². The molecule has 6 nitrogen and oxygen atoms in total. The van der Waals surface area contributed by atoms with E-state index in [0.29, 0.717) is 36.1 Å². The van der Waals surface area contributed by atoms with Crippen LogP contribution in [0.15, 0.2) is 34.0 Å². The molecule has 0 atom stereocenters. The molecule has 0 aliphatic carbocycles. The zero-order valence-electron chi connectivity index (χ0n) is 15.2. The van der Waals surface area contributed by atoms with Gasteiger partial charge in [0, 0.05) is 24.7 Å². The monoisotopic (exact) mass is 525 g/mol. The van der Waals surface area contributed by atoms with Gasteiger partial charge in [0.2, 0.25) is 6.79 Å². The van der Waals surface area contributed by atoms with Crippen molar-refractivity contribution in [2.24, 2.45) is 4.99 Å². The number of rotatable bonds is 8. The topological polar surface area (TPSA) is 64.1 Å². The Balaban J connectivity index is 0.00000280. The summed E-state index contributed by atoms with van der Waals surface area (Å²) in [7, 11) is 0. The van der Waals surface area contributed by atoms with Crippen LogP contribution < -0.4 is 24.8 Å². The van der Waals surface area contributed by atoms with Gasteiger partial charge >= 0.3 is 6.61 Å². The lowest BCUT2D eigenvalue weighted by molar-refractivity contribution is -0.0505. The second-order valence-electron chi connectivity index (χ2n) is 5.70. The lowest BCUT2D eigenvalue weighted by atomic mass is 10.1. The lowest BCUT2D eigenvalue weighted by Gasteiger charge is -2.13. The number of hydrogen-bond acceptors (Lipinski definition) is 5. The predicted octanol–water partition coefficient (Wildman–Crippen LogP) is 3.99. The Morgan fingerprint density at radius 3 is 2.75 bits per heavy atom. The van der Waals surface area contributed by atoms with E-state index in [2.05, 4.69) is 31.8 Å². The van der Waals surface area contributed by atoms with Crippen molar-refractivity contribution in [2.45, 2.75) is 26.5 Å². The third-order valence-corrected chi connectivity index (χ3v) is 4.54. The lowest BCUT2D eigenvalue weighted by Crippen LogP contribution is -2.38. The van der Waals surface area contributed by atoms with E-state index < -0.39 is 6.61 Å². The molecule has 2 aromatic rings. The van der Waals surface area contributed by atoms with E-state index in [4.69, 9.17) is 9.47 Å². The number of hydrogen-bond donors (Lipinski definition) is 2. The van der Waals surface area contributed by atoms with Crippen LogP contribution in [0.5, 0.6) is 17.2 Å². The number of guanidine groups is 1. The molecule has 0 bridgehead atoms. The summed E-state index contributed by atoms with van der Waals surface area (Å²) >= 11 is 1.66. The SMILES string of the molecule is CCNC(=NCc1cc2c(cc1OC(F)F)OCO2)NCCc1ccsc1.I. The van der Waals surface area contributed by atoms with E-state index in [0.717, 1.165) is 6.42 Å². The Morgan fingerprint density at radius 1 is 1.29 bits per heavy atom. The molecule has 0 unspecified atom stereocenters. The van der Waals surface area contributed by atoms with Gasteiger partial charge in [0.05, 0.1) is 6.54 Å². The largest absolute Gasteiger partial charge is 0.454 e. The molecule has 10 heteroatoms. The van der Waals surface area contributed by atoms with Gasteiger partial charge < -0.3 is 24.8 Å². The van der Waals surface area contributed by atoms with E-state index >= 15 is 0 Å². The van der Waals surface area contributed by atoms with Crippen LogP contribution in [0.25, 0.3) is 0 Å². The molecule has 1 aliphatic rings. The fourth-order valence-corrected chi connectivity index (χ4v) is 3.26. The third-order valence-electron chi connectivity index (χ3n) is 3.81. The molecule has 1 aromatic heterocycles. The molecule has 0 radical (unpaired) electrons. The van der Waals surface area contributed by atoms with Crippen molar-refractivity contribution in [2.75, 3.05) is 19.9 Å². The van der Waals surface area contributed by atoms with Crippen LogP contribution in [-0.4, -0.2) is 32.5 Å². The van der Waals surface area contributed by atoms with Crippen LogP contribution in [0, 0.1) is 0 Å². The molecule has 0 saturated heterocycles. The first kappa shape index (κ1) is 22.5. The van der Waals surface area contributed by atoms with Gasteiger partial charge in [-0.15, -0.1) is 24.0 Å². The highest BCUT2D eigenvalue weighted by Crippen LogP contribution is 2.39. The third kappa shape index (κ3) is 6.36. The fraction of sp³-hybridized carbons (Fsp3) is 0.389. The maximum absolute atomic E-state index is 12.7. The standard InChI is InChI=1S/C18H21F2N3O3S.HI/c1-2-21-18(22-5-3-12-4-6-27-10-12)23-9-13-7-15-16(25-11-24-15)8-14(13)26-17(19)20;/h4,6-8,10,17H,2-3,5,9,11H2,1H3,(H2,21,22,23);1H. The van der Waals surface area contributed by atoms with E-state index in [1.807, 2.05) is 12.3 Å². The van der Waals surface area contributed by atoms with Crippen LogP contribution >= 0.6 is 35.3 Å². The number of aliphatic imine (C=N–C) groups is 1. The number of thiophene rings is 1. The van der Waals surface area contributed by atoms with Crippen LogP contribution in [0.1, 0.15) is 18.1 Å². The quantitative estimate of drug-likeness (QED) is 0.310. The molecule has 1 aliphatic heterocycles. The Hall–Kier alpha value is -1.82.